The fourth-order valence-electron chi connectivity index (χ4n) is 10.6. The lowest BCUT2D eigenvalue weighted by atomic mass is 9.91. The van der Waals surface area contributed by atoms with E-state index in [1.165, 1.54) is 19.3 Å². The van der Waals surface area contributed by atoms with Crippen LogP contribution in [0.2, 0.25) is 5.02 Å². The Bertz CT molecular complexity index is 2490. The number of piperidine rings is 3. The second-order valence-electron chi connectivity index (χ2n) is 19.4. The summed E-state index contributed by atoms with van der Waals surface area (Å²) in [6.07, 6.45) is 17.7. The van der Waals surface area contributed by atoms with Crippen molar-refractivity contribution < 1.29 is 19.4 Å². The number of nitrogens with zero attached hydrogens (tertiary/aromatic N) is 10. The maximum Gasteiger partial charge on any atom is 0.272 e. The number of aromatic nitrogens is 6. The van der Waals surface area contributed by atoms with Gasteiger partial charge < -0.3 is 39.9 Å². The molecule has 1 saturated carbocycles. The van der Waals surface area contributed by atoms with Crippen LogP contribution in [0.25, 0.3) is 5.65 Å². The van der Waals surface area contributed by atoms with Crippen molar-refractivity contribution in [2.45, 2.75) is 122 Å². The first-order valence-corrected chi connectivity index (χ1v) is 25.7. The summed E-state index contributed by atoms with van der Waals surface area (Å²) in [4.78, 5) is 30.1. The lowest BCUT2D eigenvalue weighted by molar-refractivity contribution is 0.0888. The SMILES string of the molecule is CCc1cnn2c(NCc3ccc(OCCC4CCN(CC5CCN(c6ccc(C(=O)NC7CCC(Oc8ccc(C#N)c(Cl)c8)CC7)nn6)CC5)CC4)nc3)cc(N3CCCCC3CCO)nc12. The first-order chi connectivity index (χ1) is 33.8. The summed E-state index contributed by atoms with van der Waals surface area (Å²) in [5, 5.41) is 39.5. The van der Waals surface area contributed by atoms with Gasteiger partial charge in [0, 0.05) is 81.4 Å². The molecule has 1 atom stereocenters. The molecule has 16 nitrogen and oxygen atoms in total. The van der Waals surface area contributed by atoms with Crippen LogP contribution in [0.5, 0.6) is 11.6 Å². The Labute approximate surface area is 410 Å². The largest absolute Gasteiger partial charge is 0.490 e. The molecular formula is C52H67ClN12O4. The minimum absolute atomic E-state index is 0.0384. The van der Waals surface area contributed by atoms with Crippen LogP contribution in [-0.2, 0) is 13.0 Å². The summed E-state index contributed by atoms with van der Waals surface area (Å²) in [5.41, 5.74) is 3.82. The number of pyridine rings is 1. The lowest BCUT2D eigenvalue weighted by Crippen LogP contribution is -2.42. The molecule has 4 fully saturated rings. The van der Waals surface area contributed by atoms with E-state index in [-0.39, 0.29) is 24.7 Å². The highest BCUT2D eigenvalue weighted by molar-refractivity contribution is 6.31. The van der Waals surface area contributed by atoms with Gasteiger partial charge in [0.1, 0.15) is 23.5 Å². The number of aryl methyl sites for hydroxylation is 1. The van der Waals surface area contributed by atoms with Crippen molar-refractivity contribution in [1.29, 1.82) is 5.26 Å². The number of hydrogen-bond acceptors (Lipinski definition) is 14. The number of hydrogen-bond donors (Lipinski definition) is 3. The minimum atomic E-state index is -0.194. The Balaban J connectivity index is 0.650. The van der Waals surface area contributed by atoms with Crippen molar-refractivity contribution in [1.82, 2.24) is 40.0 Å². The molecule has 1 aromatic carbocycles. The van der Waals surface area contributed by atoms with E-state index in [0.717, 1.165) is 144 Å². The smallest absolute Gasteiger partial charge is 0.272 e. The van der Waals surface area contributed by atoms with Crippen molar-refractivity contribution >= 4 is 40.6 Å². The monoisotopic (exact) mass is 959 g/mol. The molecule has 366 valence electrons. The number of anilines is 3. The number of benzene rings is 1. The number of halogens is 1. The van der Waals surface area contributed by atoms with E-state index in [1.54, 1.807) is 24.3 Å². The van der Waals surface area contributed by atoms with E-state index in [1.807, 2.05) is 29.0 Å². The maximum absolute atomic E-state index is 13.1. The van der Waals surface area contributed by atoms with E-state index < -0.39 is 0 Å². The van der Waals surface area contributed by atoms with E-state index in [0.29, 0.717) is 58.9 Å². The Morgan fingerprint density at radius 3 is 2.43 bits per heavy atom. The van der Waals surface area contributed by atoms with Crippen LogP contribution in [0.15, 0.2) is 60.9 Å². The van der Waals surface area contributed by atoms with Gasteiger partial charge in [-0.05, 0) is 145 Å². The number of carbonyl (C=O) groups excluding carboxylic acids is 1. The molecule has 1 unspecified atom stereocenters. The second-order valence-corrected chi connectivity index (χ2v) is 19.8. The van der Waals surface area contributed by atoms with Crippen molar-refractivity contribution in [3.05, 3.63) is 88.3 Å². The topological polar surface area (TPSA) is 182 Å². The first kappa shape index (κ1) is 48.3. The highest BCUT2D eigenvalue weighted by atomic mass is 35.5. The second kappa shape index (κ2) is 23.2. The van der Waals surface area contributed by atoms with Gasteiger partial charge in [0.15, 0.2) is 17.2 Å². The summed E-state index contributed by atoms with van der Waals surface area (Å²) in [6.45, 7) is 9.81. The third-order valence-electron chi connectivity index (χ3n) is 14.8. The quantitative estimate of drug-likeness (QED) is 0.0772. The predicted octanol–water partition coefficient (Wildman–Crippen LogP) is 7.87. The van der Waals surface area contributed by atoms with Crippen LogP contribution in [-0.4, -0.2) is 116 Å². The molecule has 0 radical (unpaired) electrons. The number of likely N-dealkylation sites (tertiary alicyclic amines) is 1. The van der Waals surface area contributed by atoms with Gasteiger partial charge in [0.05, 0.1) is 29.5 Å². The lowest BCUT2D eigenvalue weighted by Gasteiger charge is -2.38. The summed E-state index contributed by atoms with van der Waals surface area (Å²) < 4.78 is 14.2. The molecule has 3 N–H and O–H groups in total. The van der Waals surface area contributed by atoms with Crippen molar-refractivity contribution in [2.24, 2.45) is 11.8 Å². The van der Waals surface area contributed by atoms with Gasteiger partial charge in [-0.3, -0.25) is 4.79 Å². The fraction of sp³-hybridized carbons (Fsp3) is 0.558. The van der Waals surface area contributed by atoms with Crippen molar-refractivity contribution in [3.8, 4) is 17.7 Å². The van der Waals surface area contributed by atoms with Gasteiger partial charge in [-0.2, -0.15) is 14.9 Å². The van der Waals surface area contributed by atoms with Gasteiger partial charge in [-0.25, -0.2) is 9.97 Å². The van der Waals surface area contributed by atoms with Gasteiger partial charge >= 0.3 is 0 Å². The first-order valence-electron chi connectivity index (χ1n) is 25.4. The number of carbonyl (C=O) groups is 1. The predicted molar refractivity (Wildman–Crippen MR) is 267 cm³/mol. The number of aliphatic hydroxyl groups is 1. The number of nitriles is 1. The molecule has 9 rings (SSSR count). The molecule has 4 aromatic heterocycles. The molecule has 0 spiro atoms. The highest BCUT2D eigenvalue weighted by Crippen LogP contribution is 2.31. The molecule has 4 aliphatic rings. The van der Waals surface area contributed by atoms with Crippen LogP contribution < -0.4 is 29.9 Å². The summed E-state index contributed by atoms with van der Waals surface area (Å²) >= 11 is 6.17. The zero-order chi connectivity index (χ0) is 47.5. The Hall–Kier alpha value is -5.76. The summed E-state index contributed by atoms with van der Waals surface area (Å²) in [6, 6.07) is 17.4. The van der Waals surface area contributed by atoms with Crippen LogP contribution in [0.1, 0.15) is 118 Å². The molecular weight excluding hydrogens is 892 g/mol. The average Bonchev–Trinajstić information content (AvgIpc) is 3.81. The Kier molecular flexibility index (Phi) is 16.3. The number of ether oxygens (including phenoxy) is 2. The molecule has 17 heteroatoms. The zero-order valence-electron chi connectivity index (χ0n) is 39.9. The van der Waals surface area contributed by atoms with E-state index in [4.69, 9.17) is 31.3 Å². The number of amides is 1. The minimum Gasteiger partial charge on any atom is -0.490 e. The zero-order valence-corrected chi connectivity index (χ0v) is 40.7. The third kappa shape index (κ3) is 12.3. The normalized spacial score (nSPS) is 20.7. The van der Waals surface area contributed by atoms with Crippen LogP contribution in [0.3, 0.4) is 0 Å². The maximum atomic E-state index is 13.1. The van der Waals surface area contributed by atoms with Gasteiger partial charge in [-0.15, -0.1) is 10.2 Å². The standard InChI is InChI=1S/C52H67ClN12O4/c1-2-39-34-57-65-48(30-49(59-51(39)65)64-22-4-3-5-42(64)20-27-66)55-32-38-6-15-50(56-33-38)68-28-21-36-16-23-62(24-17-36)35-37-18-25-63(26-19-37)47-14-13-46(60-61-47)52(67)58-41-8-11-43(12-9-41)69-44-10-7-40(31-54)45(53)29-44/h6-7,10,13-15,29-30,33-34,36-37,41-43,55,66H,2-5,8-9,11-12,16-28,32,35H2,1H3,(H,58,67). The third-order valence-corrected chi connectivity index (χ3v) is 15.1. The van der Waals surface area contributed by atoms with E-state index >= 15 is 0 Å². The highest BCUT2D eigenvalue weighted by Gasteiger charge is 2.29. The molecule has 3 aliphatic heterocycles. The summed E-state index contributed by atoms with van der Waals surface area (Å²) in [5.74, 6) is 5.11. The molecule has 7 heterocycles. The van der Waals surface area contributed by atoms with Gasteiger partial charge in [-0.1, -0.05) is 24.6 Å². The Morgan fingerprint density at radius 2 is 1.71 bits per heavy atom. The van der Waals surface area contributed by atoms with Crippen molar-refractivity contribution in [3.63, 3.8) is 0 Å². The van der Waals surface area contributed by atoms with Gasteiger partial charge in [0.2, 0.25) is 5.88 Å². The van der Waals surface area contributed by atoms with Crippen LogP contribution in [0.4, 0.5) is 17.5 Å². The molecule has 1 aliphatic carbocycles. The number of fused-ring (bicyclic) bond motifs is 1. The van der Waals surface area contributed by atoms with Gasteiger partial charge in [0.25, 0.3) is 5.91 Å². The fourth-order valence-corrected chi connectivity index (χ4v) is 10.8. The number of nitrogens with one attached hydrogen (secondary N) is 2. The van der Waals surface area contributed by atoms with E-state index in [9.17, 15) is 9.90 Å². The average molecular weight is 960 g/mol. The molecule has 3 saturated heterocycles. The Morgan fingerprint density at radius 1 is 0.884 bits per heavy atom. The summed E-state index contributed by atoms with van der Waals surface area (Å²) in [7, 11) is 0. The van der Waals surface area contributed by atoms with E-state index in [2.05, 4.69) is 70.7 Å². The molecule has 0 bridgehead atoms. The van der Waals surface area contributed by atoms with Crippen LogP contribution >= 0.6 is 11.6 Å². The molecule has 69 heavy (non-hydrogen) atoms. The molecule has 1 amide bonds. The van der Waals surface area contributed by atoms with Crippen molar-refractivity contribution in [2.75, 3.05) is 67.6 Å². The molecule has 5 aromatic rings. The number of aliphatic hydroxyl groups excluding tert-OH is 1. The number of rotatable bonds is 18. The van der Waals surface area contributed by atoms with Crippen LogP contribution in [0, 0.1) is 23.2 Å².